The molecule has 0 amide bonds. The predicted molar refractivity (Wildman–Crippen MR) is 90.2 cm³/mol. The summed E-state index contributed by atoms with van der Waals surface area (Å²) in [6, 6.07) is 17.1. The van der Waals surface area contributed by atoms with Gasteiger partial charge < -0.3 is 10.8 Å². The summed E-state index contributed by atoms with van der Waals surface area (Å²) in [5.41, 5.74) is 8.08. The van der Waals surface area contributed by atoms with Gasteiger partial charge in [-0.05, 0) is 29.8 Å². The van der Waals surface area contributed by atoms with E-state index in [1.807, 2.05) is 30.3 Å². The molecule has 4 heteroatoms. The minimum absolute atomic E-state index is 0.183. The smallest absolute Gasteiger partial charge is 0.115 e. The molecule has 3 nitrogen and oxygen atoms in total. The van der Waals surface area contributed by atoms with Gasteiger partial charge in [-0.25, -0.2) is 0 Å². The first-order valence-electron chi connectivity index (χ1n) is 6.98. The topological polar surface area (TPSA) is 49.5 Å². The molecule has 0 aliphatic carbocycles. The molecule has 0 radical (unpaired) electrons. The number of likely N-dealkylation sites (N-methyl/N-ethyl adjacent to an activating group) is 1. The average Bonchev–Trinajstić information content (AvgIpc) is 2.47. The van der Waals surface area contributed by atoms with Crippen LogP contribution in [-0.2, 0) is 6.54 Å². The van der Waals surface area contributed by atoms with Crippen molar-refractivity contribution in [3.63, 3.8) is 0 Å². The summed E-state index contributed by atoms with van der Waals surface area (Å²) in [7, 11) is 0. The molecule has 0 bridgehead atoms. The largest absolute Gasteiger partial charge is 0.508 e. The summed E-state index contributed by atoms with van der Waals surface area (Å²) in [6.45, 7) is 3.65. The number of phenols is 1. The number of hydrogen-bond acceptors (Lipinski definition) is 3. The molecule has 0 saturated carbocycles. The molecule has 21 heavy (non-hydrogen) atoms. The lowest BCUT2D eigenvalue weighted by Gasteiger charge is -2.30. The first-order chi connectivity index (χ1) is 10.1. The van der Waals surface area contributed by atoms with Crippen LogP contribution < -0.4 is 5.73 Å². The Kier molecular flexibility index (Phi) is 5.31. The molecule has 0 aliphatic rings. The normalized spacial score (nSPS) is 12.3. The van der Waals surface area contributed by atoms with E-state index in [9.17, 15) is 5.11 Å². The van der Waals surface area contributed by atoms with Gasteiger partial charge in [-0.1, -0.05) is 61.6 Å². The Morgan fingerprint density at radius 1 is 1.19 bits per heavy atom. The molecule has 0 fully saturated rings. The van der Waals surface area contributed by atoms with Crippen molar-refractivity contribution in [1.29, 1.82) is 0 Å². The number of phenolic OH excluding ortho intramolecular Hbond substituents is 1. The third-order valence-electron chi connectivity index (χ3n) is 3.46. The fraction of sp³-hybridized carbons (Fsp3) is 0.235. The van der Waals surface area contributed by atoms with Crippen LogP contribution in [-0.4, -0.2) is 21.5 Å². The van der Waals surface area contributed by atoms with Crippen LogP contribution in [0.15, 0.2) is 54.6 Å². The summed E-state index contributed by atoms with van der Waals surface area (Å²) in [4.78, 5) is 2.62. The van der Waals surface area contributed by atoms with E-state index in [-0.39, 0.29) is 11.8 Å². The summed E-state index contributed by atoms with van der Waals surface area (Å²) >= 11 is 5.26. The van der Waals surface area contributed by atoms with E-state index in [2.05, 4.69) is 24.0 Å². The van der Waals surface area contributed by atoms with Gasteiger partial charge in [0.15, 0.2) is 0 Å². The fourth-order valence-corrected chi connectivity index (χ4v) is 2.74. The van der Waals surface area contributed by atoms with Crippen LogP contribution >= 0.6 is 12.2 Å². The molecule has 0 heterocycles. The first kappa shape index (κ1) is 15.5. The Morgan fingerprint density at radius 3 is 2.48 bits per heavy atom. The maximum Gasteiger partial charge on any atom is 0.115 e. The van der Waals surface area contributed by atoms with Gasteiger partial charge in [-0.2, -0.15) is 0 Å². The van der Waals surface area contributed by atoms with Gasteiger partial charge in [0.2, 0.25) is 0 Å². The van der Waals surface area contributed by atoms with E-state index in [4.69, 9.17) is 18.0 Å². The Balaban J connectivity index is 2.29. The predicted octanol–water partition coefficient (Wildman–Crippen LogP) is 3.24. The number of nitrogens with two attached hydrogens (primary N) is 1. The summed E-state index contributed by atoms with van der Waals surface area (Å²) in [5, 5.41) is 9.69. The van der Waals surface area contributed by atoms with Crippen LogP contribution in [0.5, 0.6) is 5.75 Å². The molecule has 110 valence electrons. The van der Waals surface area contributed by atoms with Gasteiger partial charge in [0.25, 0.3) is 0 Å². The highest BCUT2D eigenvalue weighted by Gasteiger charge is 2.22. The monoisotopic (exact) mass is 300 g/mol. The van der Waals surface area contributed by atoms with Gasteiger partial charge in [0, 0.05) is 6.54 Å². The van der Waals surface area contributed by atoms with Crippen molar-refractivity contribution >= 4 is 17.2 Å². The molecule has 3 N–H and O–H groups in total. The van der Waals surface area contributed by atoms with Crippen molar-refractivity contribution in [2.75, 3.05) is 6.54 Å². The SMILES string of the molecule is CCN(Cc1ccccc1)C(C(N)=S)c1cccc(O)c1. The third kappa shape index (κ3) is 4.03. The Hall–Kier alpha value is -1.91. The zero-order valence-electron chi connectivity index (χ0n) is 12.1. The lowest BCUT2D eigenvalue weighted by molar-refractivity contribution is 0.248. The summed E-state index contributed by atoms with van der Waals surface area (Å²) in [5.74, 6) is 0.226. The minimum Gasteiger partial charge on any atom is -0.508 e. The first-order valence-corrected chi connectivity index (χ1v) is 7.39. The third-order valence-corrected chi connectivity index (χ3v) is 3.68. The van der Waals surface area contributed by atoms with E-state index < -0.39 is 0 Å². The van der Waals surface area contributed by atoms with E-state index >= 15 is 0 Å². The van der Waals surface area contributed by atoms with Crippen LogP contribution in [0.3, 0.4) is 0 Å². The van der Waals surface area contributed by atoms with Crippen molar-refractivity contribution in [2.24, 2.45) is 5.73 Å². The minimum atomic E-state index is -0.183. The molecule has 2 rings (SSSR count). The van der Waals surface area contributed by atoms with E-state index in [1.165, 1.54) is 5.56 Å². The molecule has 2 aromatic carbocycles. The maximum atomic E-state index is 9.69. The molecular weight excluding hydrogens is 280 g/mol. The molecule has 0 aromatic heterocycles. The lowest BCUT2D eigenvalue weighted by atomic mass is 10.0. The Labute approximate surface area is 131 Å². The molecule has 2 aromatic rings. The Bertz CT molecular complexity index is 601. The van der Waals surface area contributed by atoms with Crippen LogP contribution in [0.4, 0.5) is 0 Å². The van der Waals surface area contributed by atoms with Crippen molar-refractivity contribution in [3.05, 3.63) is 65.7 Å². The number of nitrogens with zero attached hydrogens (tertiary/aromatic N) is 1. The number of thiocarbonyl (C=S) groups is 1. The molecule has 1 atom stereocenters. The van der Waals surface area contributed by atoms with Crippen molar-refractivity contribution in [2.45, 2.75) is 19.5 Å². The quantitative estimate of drug-likeness (QED) is 0.804. The van der Waals surface area contributed by atoms with Crippen molar-refractivity contribution in [1.82, 2.24) is 4.90 Å². The van der Waals surface area contributed by atoms with E-state index in [0.29, 0.717) is 4.99 Å². The molecule has 1 unspecified atom stereocenters. The maximum absolute atomic E-state index is 9.69. The van der Waals surface area contributed by atoms with Gasteiger partial charge in [0.1, 0.15) is 5.75 Å². The summed E-state index contributed by atoms with van der Waals surface area (Å²) in [6.07, 6.45) is 0. The van der Waals surface area contributed by atoms with Gasteiger partial charge >= 0.3 is 0 Å². The second-order valence-electron chi connectivity index (χ2n) is 4.95. The molecule has 0 saturated heterocycles. The molecule has 0 spiro atoms. The highest BCUT2D eigenvalue weighted by Crippen LogP contribution is 2.25. The molecular formula is C17H20N2OS. The summed E-state index contributed by atoms with van der Waals surface area (Å²) < 4.78 is 0. The lowest BCUT2D eigenvalue weighted by Crippen LogP contribution is -2.36. The number of aromatic hydroxyl groups is 1. The van der Waals surface area contributed by atoms with Crippen molar-refractivity contribution < 1.29 is 5.11 Å². The van der Waals surface area contributed by atoms with Gasteiger partial charge in [-0.15, -0.1) is 0 Å². The number of benzene rings is 2. The number of rotatable bonds is 6. The standard InChI is InChI=1S/C17H20N2OS/c1-2-19(12-13-7-4-3-5-8-13)16(17(18)21)14-9-6-10-15(20)11-14/h3-11,16,20H,2,12H2,1H3,(H2,18,21). The average molecular weight is 300 g/mol. The second kappa shape index (κ2) is 7.20. The zero-order chi connectivity index (χ0) is 15.2. The highest BCUT2D eigenvalue weighted by atomic mass is 32.1. The van der Waals surface area contributed by atoms with E-state index in [1.54, 1.807) is 12.1 Å². The van der Waals surface area contributed by atoms with E-state index in [0.717, 1.165) is 18.7 Å². The second-order valence-corrected chi connectivity index (χ2v) is 5.42. The van der Waals surface area contributed by atoms with Crippen LogP contribution in [0, 0.1) is 0 Å². The fourth-order valence-electron chi connectivity index (χ4n) is 2.45. The van der Waals surface area contributed by atoms with Crippen LogP contribution in [0.1, 0.15) is 24.1 Å². The van der Waals surface area contributed by atoms with Crippen molar-refractivity contribution in [3.8, 4) is 5.75 Å². The number of hydrogen-bond donors (Lipinski definition) is 2. The molecule has 0 aliphatic heterocycles. The van der Waals surface area contributed by atoms with Gasteiger partial charge in [0.05, 0.1) is 11.0 Å². The van der Waals surface area contributed by atoms with Crippen LogP contribution in [0.25, 0.3) is 0 Å². The van der Waals surface area contributed by atoms with Gasteiger partial charge in [-0.3, -0.25) is 4.90 Å². The van der Waals surface area contributed by atoms with Crippen LogP contribution in [0.2, 0.25) is 0 Å². The Morgan fingerprint density at radius 2 is 1.90 bits per heavy atom. The zero-order valence-corrected chi connectivity index (χ0v) is 12.9. The highest BCUT2D eigenvalue weighted by molar-refractivity contribution is 7.80.